The lowest BCUT2D eigenvalue weighted by Crippen LogP contribution is -2.36. The van der Waals surface area contributed by atoms with Crippen molar-refractivity contribution in [2.45, 2.75) is 43.9 Å². The van der Waals surface area contributed by atoms with Gasteiger partial charge in [-0.25, -0.2) is 0 Å². The van der Waals surface area contributed by atoms with E-state index in [-0.39, 0.29) is 5.41 Å². The van der Waals surface area contributed by atoms with E-state index >= 15 is 0 Å². The highest BCUT2D eigenvalue weighted by molar-refractivity contribution is 6.07. The number of nitrogens with zero attached hydrogens (tertiary/aromatic N) is 1. The van der Waals surface area contributed by atoms with Gasteiger partial charge in [0.05, 0.1) is 20.3 Å². The van der Waals surface area contributed by atoms with Gasteiger partial charge >= 0.3 is 0 Å². The van der Waals surface area contributed by atoms with Crippen molar-refractivity contribution in [3.8, 4) is 33.8 Å². The van der Waals surface area contributed by atoms with Crippen LogP contribution in [0.5, 0.6) is 11.5 Å². The van der Waals surface area contributed by atoms with Crippen LogP contribution in [0.4, 0.5) is 5.69 Å². The summed E-state index contributed by atoms with van der Waals surface area (Å²) in [4.78, 5) is 2.38. The van der Waals surface area contributed by atoms with Gasteiger partial charge in [-0.3, -0.25) is 0 Å². The molecule has 4 aromatic carbocycles. The van der Waals surface area contributed by atoms with Crippen LogP contribution in [0.25, 0.3) is 33.0 Å². The average Bonchev–Trinajstić information content (AvgIpc) is 3.53. The van der Waals surface area contributed by atoms with Crippen LogP contribution in [0.3, 0.4) is 0 Å². The Morgan fingerprint density at radius 3 is 2.27 bits per heavy atom. The minimum Gasteiger partial charge on any atom is -0.507 e. The summed E-state index contributed by atoms with van der Waals surface area (Å²) in [5.74, 6) is 2.74. The number of phenolic OH excluding ortho intramolecular Hbond substituents is 1. The van der Waals surface area contributed by atoms with Gasteiger partial charge in [0.2, 0.25) is 0 Å². The first kappa shape index (κ1) is 24.3. The van der Waals surface area contributed by atoms with E-state index in [1.54, 1.807) is 7.11 Å². The third-order valence-electron chi connectivity index (χ3n) is 10.5. The van der Waals surface area contributed by atoms with Gasteiger partial charge in [0.15, 0.2) is 0 Å². The summed E-state index contributed by atoms with van der Waals surface area (Å²) in [6.07, 6.45) is 7.85. The Balaban J connectivity index is 1.30. The van der Waals surface area contributed by atoms with Gasteiger partial charge in [0, 0.05) is 35.1 Å². The maximum absolute atomic E-state index is 11.5. The Morgan fingerprint density at radius 2 is 1.55 bits per heavy atom. The Morgan fingerprint density at radius 1 is 0.825 bits per heavy atom. The molecule has 1 saturated heterocycles. The first-order valence-corrected chi connectivity index (χ1v) is 15.1. The van der Waals surface area contributed by atoms with E-state index in [4.69, 9.17) is 9.47 Å². The van der Waals surface area contributed by atoms with Crippen LogP contribution in [0, 0.1) is 11.8 Å². The Kier molecular flexibility index (Phi) is 5.64. The maximum Gasteiger partial charge on any atom is 0.127 e. The van der Waals surface area contributed by atoms with Crippen LogP contribution >= 0.6 is 0 Å². The van der Waals surface area contributed by atoms with Gasteiger partial charge < -0.3 is 19.5 Å². The van der Waals surface area contributed by atoms with E-state index in [9.17, 15) is 5.11 Å². The molecule has 8 rings (SSSR count). The molecule has 4 heteroatoms. The van der Waals surface area contributed by atoms with Crippen LogP contribution in [-0.2, 0) is 10.2 Å². The van der Waals surface area contributed by atoms with Crippen molar-refractivity contribution in [1.29, 1.82) is 0 Å². The number of anilines is 1. The molecule has 0 radical (unpaired) electrons. The molecule has 204 valence electrons. The number of ether oxygens (including phenoxy) is 2. The van der Waals surface area contributed by atoms with E-state index in [2.05, 4.69) is 65.6 Å². The van der Waals surface area contributed by atoms with Crippen molar-refractivity contribution in [3.05, 3.63) is 77.9 Å². The van der Waals surface area contributed by atoms with Crippen molar-refractivity contribution in [2.75, 3.05) is 38.3 Å². The molecule has 3 fully saturated rings. The second kappa shape index (κ2) is 9.27. The van der Waals surface area contributed by atoms with Gasteiger partial charge in [-0.05, 0) is 88.2 Å². The van der Waals surface area contributed by atoms with Crippen LogP contribution in [0.2, 0.25) is 0 Å². The number of aromatic hydroxyl groups is 1. The number of fused-ring (bicyclic) bond motifs is 8. The molecule has 0 aromatic heterocycles. The fourth-order valence-corrected chi connectivity index (χ4v) is 8.67. The summed E-state index contributed by atoms with van der Waals surface area (Å²) in [6.45, 7) is 3.40. The number of hydrogen-bond acceptors (Lipinski definition) is 4. The highest BCUT2D eigenvalue weighted by Gasteiger charge is 2.52. The van der Waals surface area contributed by atoms with Crippen LogP contribution in [0.15, 0.2) is 66.7 Å². The molecule has 1 N–H and O–H groups in total. The summed E-state index contributed by atoms with van der Waals surface area (Å²) in [5.41, 5.74) is 8.90. The molecule has 4 nitrogen and oxygen atoms in total. The smallest absolute Gasteiger partial charge is 0.127 e. The highest BCUT2D eigenvalue weighted by atomic mass is 16.5. The van der Waals surface area contributed by atoms with Crippen LogP contribution in [0.1, 0.15) is 49.7 Å². The van der Waals surface area contributed by atoms with E-state index in [0.29, 0.717) is 5.75 Å². The second-order valence-corrected chi connectivity index (χ2v) is 12.4. The van der Waals surface area contributed by atoms with E-state index in [1.165, 1.54) is 66.5 Å². The number of benzene rings is 4. The fourth-order valence-electron chi connectivity index (χ4n) is 8.67. The molecule has 0 amide bonds. The minimum atomic E-state index is 0.0111. The zero-order valence-corrected chi connectivity index (χ0v) is 23.3. The molecular weight excluding hydrogens is 494 g/mol. The molecule has 2 unspecified atom stereocenters. The summed E-state index contributed by atoms with van der Waals surface area (Å²) >= 11 is 0. The molecule has 3 aliphatic carbocycles. The van der Waals surface area contributed by atoms with Crippen molar-refractivity contribution in [1.82, 2.24) is 0 Å². The Labute approximate surface area is 236 Å². The van der Waals surface area contributed by atoms with Gasteiger partial charge in [-0.2, -0.15) is 0 Å². The van der Waals surface area contributed by atoms with Crippen molar-refractivity contribution >= 4 is 16.5 Å². The van der Waals surface area contributed by atoms with Gasteiger partial charge in [0.1, 0.15) is 11.5 Å². The van der Waals surface area contributed by atoms with Gasteiger partial charge in [-0.15, -0.1) is 0 Å². The SMILES string of the molecule is COc1cc2c(O)cc3c(c2cc1-c1ccc(N2CCOCC2)cc1)-c1ccccc1C31CC2CCCCC2C1. The normalized spacial score (nSPS) is 25.2. The molecular formula is C36H37NO3. The molecule has 2 saturated carbocycles. The maximum atomic E-state index is 11.5. The van der Waals surface area contributed by atoms with Gasteiger partial charge in [0.25, 0.3) is 0 Å². The molecule has 1 spiro atoms. The van der Waals surface area contributed by atoms with E-state index < -0.39 is 0 Å². The summed E-state index contributed by atoms with van der Waals surface area (Å²) in [7, 11) is 1.72. The predicted molar refractivity (Wildman–Crippen MR) is 162 cm³/mol. The molecule has 4 aliphatic rings. The number of morpholine rings is 1. The second-order valence-electron chi connectivity index (χ2n) is 12.4. The number of hydrogen-bond donors (Lipinski definition) is 1. The van der Waals surface area contributed by atoms with Crippen LogP contribution < -0.4 is 9.64 Å². The molecule has 1 heterocycles. The Bertz CT molecular complexity index is 1590. The zero-order chi connectivity index (χ0) is 26.8. The van der Waals surface area contributed by atoms with Crippen LogP contribution in [-0.4, -0.2) is 38.5 Å². The summed E-state index contributed by atoms with van der Waals surface area (Å²) in [6, 6.07) is 24.3. The quantitative estimate of drug-likeness (QED) is 0.292. The lowest BCUT2D eigenvalue weighted by molar-refractivity contribution is 0.122. The monoisotopic (exact) mass is 531 g/mol. The van der Waals surface area contributed by atoms with Gasteiger partial charge in [-0.1, -0.05) is 62.1 Å². The number of rotatable bonds is 3. The third kappa shape index (κ3) is 3.55. The van der Waals surface area contributed by atoms with Crippen molar-refractivity contribution in [2.24, 2.45) is 11.8 Å². The largest absolute Gasteiger partial charge is 0.507 e. The topological polar surface area (TPSA) is 41.9 Å². The summed E-state index contributed by atoms with van der Waals surface area (Å²) in [5, 5.41) is 13.5. The first-order chi connectivity index (χ1) is 19.7. The van der Waals surface area contributed by atoms with E-state index in [1.807, 2.05) is 6.07 Å². The third-order valence-corrected chi connectivity index (χ3v) is 10.5. The molecule has 2 atom stereocenters. The zero-order valence-electron chi connectivity index (χ0n) is 23.3. The first-order valence-electron chi connectivity index (χ1n) is 15.1. The summed E-state index contributed by atoms with van der Waals surface area (Å²) < 4.78 is 11.5. The highest BCUT2D eigenvalue weighted by Crippen LogP contribution is 2.64. The molecule has 0 bridgehead atoms. The fraction of sp³-hybridized carbons (Fsp3) is 0.389. The van der Waals surface area contributed by atoms with E-state index in [0.717, 1.165) is 65.8 Å². The minimum absolute atomic E-state index is 0.0111. The number of methoxy groups -OCH3 is 1. The lowest BCUT2D eigenvalue weighted by Gasteiger charge is -2.29. The molecule has 4 aromatic rings. The molecule has 1 aliphatic heterocycles. The Hall–Kier alpha value is -3.50. The van der Waals surface area contributed by atoms with Crippen molar-refractivity contribution in [3.63, 3.8) is 0 Å². The predicted octanol–water partition coefficient (Wildman–Crippen LogP) is 7.92. The molecule has 40 heavy (non-hydrogen) atoms. The number of phenols is 1. The lowest BCUT2D eigenvalue weighted by atomic mass is 9.75. The average molecular weight is 532 g/mol. The standard InChI is InChI=1S/C36H37NO3/c1-39-34-19-29-30(18-28(34)23-10-12-26(13-11-23)37-14-16-40-17-15-37)35-27-8-4-5-9-31(27)36(32(35)20-33(29)38)21-24-6-2-3-7-25(24)22-36/h4-5,8-13,18-20,24-25,38H,2-3,6-7,14-17,21-22H2,1H3. The van der Waals surface area contributed by atoms with Crippen molar-refractivity contribution < 1.29 is 14.6 Å².